The molecule has 1 aliphatic rings. The van der Waals surface area contributed by atoms with Crippen LogP contribution in [-0.4, -0.2) is 36.9 Å². The lowest BCUT2D eigenvalue weighted by Gasteiger charge is -2.29. The number of aldehydes is 1. The molecule has 2 N–H and O–H groups in total. The van der Waals surface area contributed by atoms with Gasteiger partial charge in [-0.05, 0) is 38.9 Å². The third kappa shape index (κ3) is 3.32. The zero-order chi connectivity index (χ0) is 8.81. The Morgan fingerprint density at radius 2 is 2.08 bits per heavy atom. The maximum Gasteiger partial charge on any atom is 0.120 e. The smallest absolute Gasteiger partial charge is 0.120 e. The van der Waals surface area contributed by atoms with Gasteiger partial charge in [-0.3, -0.25) is 0 Å². The molecule has 0 aromatic heterocycles. The number of unbranched alkanes of at least 4 members (excludes halogenated alkanes) is 1. The molecule has 3 heteroatoms. The van der Waals surface area contributed by atoms with Crippen molar-refractivity contribution in [2.24, 2.45) is 5.73 Å². The van der Waals surface area contributed by atoms with Crippen LogP contribution in [0.25, 0.3) is 0 Å². The maximum atomic E-state index is 10.1. The second-order valence-electron chi connectivity index (χ2n) is 3.49. The Hall–Kier alpha value is -0.410. The molecule has 12 heavy (non-hydrogen) atoms. The van der Waals surface area contributed by atoms with E-state index in [0.29, 0.717) is 12.5 Å². The van der Waals surface area contributed by atoms with E-state index >= 15 is 0 Å². The van der Waals surface area contributed by atoms with E-state index < -0.39 is 0 Å². The van der Waals surface area contributed by atoms with Gasteiger partial charge in [0.05, 0.1) is 0 Å². The van der Waals surface area contributed by atoms with Gasteiger partial charge in [-0.2, -0.15) is 0 Å². The Labute approximate surface area is 73.9 Å². The first kappa shape index (κ1) is 9.68. The predicted octanol–water partition coefficient (Wildman–Crippen LogP) is 0.389. The molecule has 0 spiro atoms. The van der Waals surface area contributed by atoms with Gasteiger partial charge < -0.3 is 15.4 Å². The standard InChI is InChI=1S/C9H18N2O/c10-9-3-6-11(7-4-9)5-1-2-8-12/h8-9H,1-7,10H2. The van der Waals surface area contributed by atoms with Gasteiger partial charge in [0.25, 0.3) is 0 Å². The van der Waals surface area contributed by atoms with Gasteiger partial charge in [-0.25, -0.2) is 0 Å². The van der Waals surface area contributed by atoms with E-state index in [2.05, 4.69) is 4.90 Å². The van der Waals surface area contributed by atoms with Gasteiger partial charge in [0.15, 0.2) is 0 Å². The molecule has 0 saturated carbocycles. The fourth-order valence-corrected chi connectivity index (χ4v) is 1.57. The minimum Gasteiger partial charge on any atom is -0.328 e. The van der Waals surface area contributed by atoms with Crippen LogP contribution in [0.15, 0.2) is 0 Å². The number of carbonyl (C=O) groups excluding carboxylic acids is 1. The van der Waals surface area contributed by atoms with E-state index in [1.165, 1.54) is 0 Å². The Morgan fingerprint density at radius 3 is 2.67 bits per heavy atom. The zero-order valence-corrected chi connectivity index (χ0v) is 7.54. The highest BCUT2D eigenvalue weighted by molar-refractivity contribution is 5.48. The zero-order valence-electron chi connectivity index (χ0n) is 7.54. The fraction of sp³-hybridized carbons (Fsp3) is 0.889. The molecule has 1 rings (SSSR count). The van der Waals surface area contributed by atoms with Crippen LogP contribution in [0.3, 0.4) is 0 Å². The third-order valence-electron chi connectivity index (χ3n) is 2.43. The van der Waals surface area contributed by atoms with Gasteiger partial charge in [0.2, 0.25) is 0 Å². The number of likely N-dealkylation sites (tertiary alicyclic amines) is 1. The van der Waals surface area contributed by atoms with E-state index in [9.17, 15) is 4.79 Å². The van der Waals surface area contributed by atoms with Crippen molar-refractivity contribution in [2.45, 2.75) is 31.7 Å². The summed E-state index contributed by atoms with van der Waals surface area (Å²) in [6, 6.07) is 0.410. The summed E-state index contributed by atoms with van der Waals surface area (Å²) in [5.41, 5.74) is 5.77. The Kier molecular flexibility index (Phi) is 4.25. The molecule has 1 heterocycles. The SMILES string of the molecule is NC1CCN(CCCC=O)CC1. The van der Waals surface area contributed by atoms with E-state index in [-0.39, 0.29) is 0 Å². The van der Waals surface area contributed by atoms with Crippen LogP contribution in [0.2, 0.25) is 0 Å². The molecular weight excluding hydrogens is 152 g/mol. The van der Waals surface area contributed by atoms with Crippen molar-refractivity contribution in [3.05, 3.63) is 0 Å². The number of carbonyl (C=O) groups is 1. The average Bonchev–Trinajstić information content (AvgIpc) is 2.09. The van der Waals surface area contributed by atoms with Crippen molar-refractivity contribution in [1.29, 1.82) is 0 Å². The molecule has 1 fully saturated rings. The second kappa shape index (κ2) is 5.27. The van der Waals surface area contributed by atoms with Crippen LogP contribution >= 0.6 is 0 Å². The second-order valence-corrected chi connectivity index (χ2v) is 3.49. The summed E-state index contributed by atoms with van der Waals surface area (Å²) in [5.74, 6) is 0. The van der Waals surface area contributed by atoms with Gasteiger partial charge >= 0.3 is 0 Å². The summed E-state index contributed by atoms with van der Waals surface area (Å²) in [4.78, 5) is 12.5. The highest BCUT2D eigenvalue weighted by Gasteiger charge is 2.14. The monoisotopic (exact) mass is 170 g/mol. The molecule has 0 aromatic carbocycles. The van der Waals surface area contributed by atoms with E-state index in [1.54, 1.807) is 0 Å². The number of piperidine rings is 1. The molecule has 0 bridgehead atoms. The minimum atomic E-state index is 0.410. The Bertz CT molecular complexity index is 130. The van der Waals surface area contributed by atoms with Gasteiger partial charge in [-0.15, -0.1) is 0 Å². The van der Waals surface area contributed by atoms with Crippen molar-refractivity contribution >= 4 is 6.29 Å². The highest BCUT2D eigenvalue weighted by atomic mass is 16.1. The number of hydrogen-bond donors (Lipinski definition) is 1. The lowest BCUT2D eigenvalue weighted by atomic mass is 10.1. The highest BCUT2D eigenvalue weighted by Crippen LogP contribution is 2.08. The molecule has 0 radical (unpaired) electrons. The van der Waals surface area contributed by atoms with Crippen LogP contribution in [0.4, 0.5) is 0 Å². The summed E-state index contributed by atoms with van der Waals surface area (Å²) in [7, 11) is 0. The number of rotatable bonds is 4. The summed E-state index contributed by atoms with van der Waals surface area (Å²) < 4.78 is 0. The van der Waals surface area contributed by atoms with Crippen LogP contribution in [-0.2, 0) is 4.79 Å². The number of hydrogen-bond acceptors (Lipinski definition) is 3. The first-order valence-electron chi connectivity index (χ1n) is 4.74. The van der Waals surface area contributed by atoms with Crippen LogP contribution in [0.1, 0.15) is 25.7 Å². The average molecular weight is 170 g/mol. The first-order chi connectivity index (χ1) is 5.83. The van der Waals surface area contributed by atoms with Crippen molar-refractivity contribution in [3.8, 4) is 0 Å². The molecule has 70 valence electrons. The molecule has 0 amide bonds. The van der Waals surface area contributed by atoms with Crippen molar-refractivity contribution < 1.29 is 4.79 Å². The summed E-state index contributed by atoms with van der Waals surface area (Å²) in [5, 5.41) is 0. The van der Waals surface area contributed by atoms with E-state index in [0.717, 1.165) is 45.2 Å². The quantitative estimate of drug-likeness (QED) is 0.490. The summed E-state index contributed by atoms with van der Waals surface area (Å²) in [6.45, 7) is 3.28. The Balaban J connectivity index is 2.05. The predicted molar refractivity (Wildman–Crippen MR) is 48.9 cm³/mol. The molecule has 1 saturated heterocycles. The molecular formula is C9H18N2O. The topological polar surface area (TPSA) is 46.3 Å². The van der Waals surface area contributed by atoms with E-state index in [4.69, 9.17) is 5.73 Å². The number of nitrogens with zero attached hydrogens (tertiary/aromatic N) is 1. The van der Waals surface area contributed by atoms with Crippen LogP contribution in [0, 0.1) is 0 Å². The lowest BCUT2D eigenvalue weighted by Crippen LogP contribution is -2.40. The number of nitrogens with two attached hydrogens (primary N) is 1. The third-order valence-corrected chi connectivity index (χ3v) is 2.43. The van der Waals surface area contributed by atoms with Crippen molar-refractivity contribution in [3.63, 3.8) is 0 Å². The van der Waals surface area contributed by atoms with Crippen LogP contribution < -0.4 is 5.73 Å². The minimum absolute atomic E-state index is 0.410. The normalized spacial score (nSPS) is 21.1. The van der Waals surface area contributed by atoms with Gasteiger partial charge in [0, 0.05) is 12.5 Å². The molecule has 0 aromatic rings. The summed E-state index contributed by atoms with van der Waals surface area (Å²) >= 11 is 0. The van der Waals surface area contributed by atoms with Gasteiger partial charge in [-0.1, -0.05) is 0 Å². The molecule has 0 unspecified atom stereocenters. The van der Waals surface area contributed by atoms with Crippen LogP contribution in [0.5, 0.6) is 0 Å². The van der Waals surface area contributed by atoms with Crippen molar-refractivity contribution in [1.82, 2.24) is 4.90 Å². The first-order valence-corrected chi connectivity index (χ1v) is 4.74. The molecule has 0 aliphatic carbocycles. The fourth-order valence-electron chi connectivity index (χ4n) is 1.57. The molecule has 3 nitrogen and oxygen atoms in total. The van der Waals surface area contributed by atoms with E-state index in [1.807, 2.05) is 0 Å². The Morgan fingerprint density at radius 1 is 1.42 bits per heavy atom. The largest absolute Gasteiger partial charge is 0.328 e. The molecule has 1 aliphatic heterocycles. The lowest BCUT2D eigenvalue weighted by molar-refractivity contribution is -0.108. The van der Waals surface area contributed by atoms with Gasteiger partial charge in [0.1, 0.15) is 6.29 Å². The van der Waals surface area contributed by atoms with Crippen molar-refractivity contribution in [2.75, 3.05) is 19.6 Å². The summed E-state index contributed by atoms with van der Waals surface area (Å²) in [6.07, 6.45) is 4.92. The maximum absolute atomic E-state index is 10.1. The molecule has 0 atom stereocenters.